The van der Waals surface area contributed by atoms with Gasteiger partial charge in [0.15, 0.2) is 5.16 Å². The Morgan fingerprint density at radius 3 is 2.95 bits per heavy atom. The van der Waals surface area contributed by atoms with Gasteiger partial charge in [-0.15, -0.1) is 5.10 Å². The van der Waals surface area contributed by atoms with Gasteiger partial charge in [0.25, 0.3) is 0 Å². The SMILES string of the molecule is Cn1c(SCc2ccc(F)c(C=CC(=O)O)c2)n[nH]c1=O. The third-order valence-corrected chi connectivity index (χ3v) is 3.77. The molecule has 0 saturated carbocycles. The number of halogens is 1. The van der Waals surface area contributed by atoms with E-state index in [1.54, 1.807) is 19.2 Å². The molecule has 8 heteroatoms. The lowest BCUT2D eigenvalue weighted by Crippen LogP contribution is -2.12. The Labute approximate surface area is 123 Å². The van der Waals surface area contributed by atoms with E-state index in [-0.39, 0.29) is 11.3 Å². The van der Waals surface area contributed by atoms with Crippen molar-refractivity contribution in [1.82, 2.24) is 14.8 Å². The van der Waals surface area contributed by atoms with Crippen molar-refractivity contribution < 1.29 is 14.3 Å². The first-order chi connectivity index (χ1) is 9.97. The van der Waals surface area contributed by atoms with Crippen LogP contribution >= 0.6 is 11.8 Å². The maximum absolute atomic E-state index is 13.5. The van der Waals surface area contributed by atoms with Gasteiger partial charge in [0, 0.05) is 24.4 Å². The molecule has 0 aliphatic rings. The second-order valence-corrected chi connectivity index (χ2v) is 5.13. The van der Waals surface area contributed by atoms with Crippen LogP contribution in [-0.4, -0.2) is 25.8 Å². The van der Waals surface area contributed by atoms with E-state index in [1.165, 1.54) is 28.5 Å². The molecule has 110 valence electrons. The third-order valence-electron chi connectivity index (χ3n) is 2.67. The molecule has 6 nitrogen and oxygen atoms in total. The molecule has 21 heavy (non-hydrogen) atoms. The van der Waals surface area contributed by atoms with Crippen molar-refractivity contribution in [1.29, 1.82) is 0 Å². The Morgan fingerprint density at radius 1 is 1.57 bits per heavy atom. The number of aromatic nitrogens is 3. The van der Waals surface area contributed by atoms with E-state index in [4.69, 9.17) is 5.11 Å². The summed E-state index contributed by atoms with van der Waals surface area (Å²) in [6.07, 6.45) is 2.09. The fourth-order valence-electron chi connectivity index (χ4n) is 1.58. The van der Waals surface area contributed by atoms with Crippen molar-refractivity contribution in [3.05, 3.63) is 51.7 Å². The number of carbonyl (C=O) groups is 1. The van der Waals surface area contributed by atoms with Crippen LogP contribution in [0.1, 0.15) is 11.1 Å². The fourth-order valence-corrected chi connectivity index (χ4v) is 2.44. The van der Waals surface area contributed by atoms with Crippen molar-refractivity contribution in [3.63, 3.8) is 0 Å². The largest absolute Gasteiger partial charge is 0.478 e. The minimum absolute atomic E-state index is 0.200. The number of carboxylic acids is 1. The van der Waals surface area contributed by atoms with Crippen LogP contribution in [0.5, 0.6) is 0 Å². The number of rotatable bonds is 5. The maximum Gasteiger partial charge on any atom is 0.343 e. The summed E-state index contributed by atoms with van der Waals surface area (Å²) in [5.74, 6) is -1.15. The molecule has 1 aromatic carbocycles. The topological polar surface area (TPSA) is 88.0 Å². The van der Waals surface area contributed by atoms with Crippen molar-refractivity contribution in [2.75, 3.05) is 0 Å². The van der Waals surface area contributed by atoms with Gasteiger partial charge in [-0.3, -0.25) is 4.57 Å². The van der Waals surface area contributed by atoms with Crippen molar-refractivity contribution >= 4 is 23.8 Å². The quantitative estimate of drug-likeness (QED) is 0.647. The minimum atomic E-state index is -1.14. The first-order valence-electron chi connectivity index (χ1n) is 5.91. The number of hydrogen-bond acceptors (Lipinski definition) is 4. The molecule has 1 aromatic heterocycles. The Balaban J connectivity index is 2.14. The number of benzene rings is 1. The van der Waals surface area contributed by atoms with Crippen LogP contribution < -0.4 is 5.69 Å². The van der Waals surface area contributed by atoms with Crippen LogP contribution in [0.2, 0.25) is 0 Å². The van der Waals surface area contributed by atoms with Crippen molar-refractivity contribution in [2.45, 2.75) is 10.9 Å². The highest BCUT2D eigenvalue weighted by molar-refractivity contribution is 7.98. The third kappa shape index (κ3) is 3.82. The molecular formula is C13H12FN3O3S. The zero-order valence-electron chi connectivity index (χ0n) is 11.0. The first-order valence-corrected chi connectivity index (χ1v) is 6.89. The molecule has 0 radical (unpaired) electrons. The van der Waals surface area contributed by atoms with Crippen LogP contribution in [0, 0.1) is 5.82 Å². The number of thioether (sulfide) groups is 1. The normalized spacial score (nSPS) is 11.1. The molecule has 0 fully saturated rings. The second kappa shape index (κ2) is 6.40. The molecule has 0 unspecified atom stereocenters. The van der Waals surface area contributed by atoms with Gasteiger partial charge in [0.2, 0.25) is 0 Å². The van der Waals surface area contributed by atoms with E-state index in [0.717, 1.165) is 11.6 Å². The van der Waals surface area contributed by atoms with Gasteiger partial charge in [-0.2, -0.15) is 0 Å². The molecule has 2 aromatic rings. The summed E-state index contributed by atoms with van der Waals surface area (Å²) in [7, 11) is 1.60. The van der Waals surface area contributed by atoms with Gasteiger partial charge in [-0.1, -0.05) is 17.8 Å². The molecule has 0 spiro atoms. The number of H-pyrrole nitrogens is 1. The second-order valence-electron chi connectivity index (χ2n) is 4.19. The van der Waals surface area contributed by atoms with E-state index in [9.17, 15) is 14.0 Å². The Hall–Kier alpha value is -2.35. The van der Waals surface area contributed by atoms with Gasteiger partial charge >= 0.3 is 11.7 Å². The van der Waals surface area contributed by atoms with Gasteiger partial charge in [0.1, 0.15) is 5.82 Å². The standard InChI is InChI=1S/C13H12FN3O3S/c1-17-12(20)15-16-13(17)21-7-8-2-4-10(14)9(6-8)3-5-11(18)19/h2-6H,7H2,1H3,(H,15,20)(H,18,19). The molecule has 0 atom stereocenters. The number of aliphatic carboxylic acids is 1. The molecular weight excluding hydrogens is 297 g/mol. The number of hydrogen-bond donors (Lipinski definition) is 2. The fraction of sp³-hybridized carbons (Fsp3) is 0.154. The van der Waals surface area contributed by atoms with E-state index < -0.39 is 11.8 Å². The van der Waals surface area contributed by atoms with Crippen LogP contribution in [0.25, 0.3) is 6.08 Å². The highest BCUT2D eigenvalue weighted by Crippen LogP contribution is 2.21. The van der Waals surface area contributed by atoms with Crippen molar-refractivity contribution in [2.24, 2.45) is 7.05 Å². The average molecular weight is 309 g/mol. The predicted molar refractivity (Wildman–Crippen MR) is 76.5 cm³/mol. The summed E-state index contributed by atoms with van der Waals surface area (Å²) in [5, 5.41) is 15.3. The van der Waals surface area contributed by atoms with E-state index in [0.29, 0.717) is 10.9 Å². The van der Waals surface area contributed by atoms with Crippen LogP contribution in [0.3, 0.4) is 0 Å². The van der Waals surface area contributed by atoms with Gasteiger partial charge in [-0.05, 0) is 23.8 Å². The highest BCUT2D eigenvalue weighted by Gasteiger charge is 2.07. The zero-order chi connectivity index (χ0) is 15.4. The molecule has 2 N–H and O–H groups in total. The molecule has 1 heterocycles. The smallest absolute Gasteiger partial charge is 0.343 e. The zero-order valence-corrected chi connectivity index (χ0v) is 11.9. The van der Waals surface area contributed by atoms with Crippen LogP contribution in [0.15, 0.2) is 34.2 Å². The molecule has 2 rings (SSSR count). The minimum Gasteiger partial charge on any atom is -0.478 e. The molecule has 0 aliphatic heterocycles. The highest BCUT2D eigenvalue weighted by atomic mass is 32.2. The van der Waals surface area contributed by atoms with Gasteiger partial charge in [0.05, 0.1) is 0 Å². The van der Waals surface area contributed by atoms with Crippen molar-refractivity contribution in [3.8, 4) is 0 Å². The summed E-state index contributed by atoms with van der Waals surface area (Å²) in [4.78, 5) is 21.7. The molecule has 0 bridgehead atoms. The monoisotopic (exact) mass is 309 g/mol. The lowest BCUT2D eigenvalue weighted by Gasteiger charge is -2.03. The first kappa shape index (κ1) is 15.0. The lowest BCUT2D eigenvalue weighted by molar-refractivity contribution is -0.131. The summed E-state index contributed by atoms with van der Waals surface area (Å²) in [6.45, 7) is 0. The molecule has 0 saturated heterocycles. The van der Waals surface area contributed by atoms with Gasteiger partial charge < -0.3 is 5.11 Å². The molecule has 0 amide bonds. The Kier molecular flexibility index (Phi) is 4.59. The van der Waals surface area contributed by atoms with E-state index >= 15 is 0 Å². The number of nitrogens with one attached hydrogen (secondary N) is 1. The number of carboxylic acid groups (broad SMARTS) is 1. The lowest BCUT2D eigenvalue weighted by atomic mass is 10.1. The van der Waals surface area contributed by atoms with Crippen LogP contribution in [0.4, 0.5) is 4.39 Å². The number of aromatic amines is 1. The predicted octanol–water partition coefficient (Wildman–Crippen LogP) is 1.64. The summed E-state index contributed by atoms with van der Waals surface area (Å²) in [6, 6.07) is 4.44. The summed E-state index contributed by atoms with van der Waals surface area (Å²) >= 11 is 1.32. The Bertz CT molecular complexity index is 751. The number of nitrogens with zero attached hydrogens (tertiary/aromatic N) is 2. The maximum atomic E-state index is 13.5. The average Bonchev–Trinajstić information content (AvgIpc) is 2.76. The Morgan fingerprint density at radius 2 is 2.33 bits per heavy atom. The summed E-state index contributed by atoms with van der Waals surface area (Å²) in [5.41, 5.74) is 0.690. The van der Waals surface area contributed by atoms with E-state index in [2.05, 4.69) is 10.2 Å². The summed E-state index contributed by atoms with van der Waals surface area (Å²) < 4.78 is 14.9. The van der Waals surface area contributed by atoms with E-state index in [1.807, 2.05) is 0 Å². The van der Waals surface area contributed by atoms with Crippen LogP contribution in [-0.2, 0) is 17.6 Å². The van der Waals surface area contributed by atoms with Gasteiger partial charge in [-0.25, -0.2) is 19.1 Å². The molecule has 0 aliphatic carbocycles.